The maximum Gasteiger partial charge on any atom is 0.411 e. The average Bonchev–Trinajstić information content (AvgIpc) is 2.83. The molecule has 1 aliphatic carbocycles. The van der Waals surface area contributed by atoms with Crippen molar-refractivity contribution in [3.05, 3.63) is 12.2 Å². The molecule has 2 rings (SSSR count). The molecule has 4 unspecified atom stereocenters. The van der Waals surface area contributed by atoms with E-state index in [1.807, 2.05) is 26.0 Å². The van der Waals surface area contributed by atoms with Crippen molar-refractivity contribution in [3.8, 4) is 0 Å². The molecule has 1 fully saturated rings. The Bertz CT molecular complexity index is 607. The molecule has 4 atom stereocenters. The van der Waals surface area contributed by atoms with E-state index in [0.717, 1.165) is 4.90 Å². The van der Waals surface area contributed by atoms with Crippen LogP contribution in [0.3, 0.4) is 0 Å². The Morgan fingerprint density at radius 2 is 1.71 bits per heavy atom. The molecule has 1 saturated heterocycles. The van der Waals surface area contributed by atoms with Crippen LogP contribution < -0.4 is 5.32 Å². The number of fused-ring (bicyclic) bond motifs is 1. The fourth-order valence-corrected chi connectivity index (χ4v) is 3.64. The second kappa shape index (κ2) is 9.07. The number of halogens is 3. The van der Waals surface area contributed by atoms with Crippen molar-refractivity contribution in [1.82, 2.24) is 10.2 Å². The van der Waals surface area contributed by atoms with Crippen LogP contribution in [-0.4, -0.2) is 54.1 Å². The van der Waals surface area contributed by atoms with Crippen molar-refractivity contribution in [2.75, 3.05) is 13.2 Å². The monoisotopic (exact) mass is 404 g/mol. The minimum atomic E-state index is -4.44. The highest BCUT2D eigenvalue weighted by Gasteiger charge is 2.51. The zero-order chi connectivity index (χ0) is 21.1. The fraction of sp³-hybridized carbons (Fsp3) is 0.737. The van der Waals surface area contributed by atoms with Gasteiger partial charge in [-0.05, 0) is 32.1 Å². The van der Waals surface area contributed by atoms with Gasteiger partial charge in [0.2, 0.25) is 17.7 Å². The van der Waals surface area contributed by atoms with E-state index in [9.17, 15) is 27.6 Å². The highest BCUT2D eigenvalue weighted by molar-refractivity contribution is 6.08. The molecule has 1 aliphatic heterocycles. The number of nitrogens with one attached hydrogen (secondary N) is 1. The van der Waals surface area contributed by atoms with Gasteiger partial charge in [0.15, 0.2) is 0 Å². The Hall–Kier alpha value is -1.90. The van der Waals surface area contributed by atoms with E-state index in [1.165, 1.54) is 6.92 Å². The summed E-state index contributed by atoms with van der Waals surface area (Å²) in [6.45, 7) is 3.53. The third-order valence-corrected chi connectivity index (χ3v) is 4.87. The van der Waals surface area contributed by atoms with Crippen LogP contribution in [0.5, 0.6) is 0 Å². The van der Waals surface area contributed by atoms with Crippen LogP contribution in [-0.2, 0) is 19.1 Å². The summed E-state index contributed by atoms with van der Waals surface area (Å²) in [5.41, 5.74) is 0. The zero-order valence-electron chi connectivity index (χ0n) is 16.3. The predicted octanol–water partition coefficient (Wildman–Crippen LogP) is 2.44. The van der Waals surface area contributed by atoms with E-state index in [4.69, 9.17) is 0 Å². The number of amides is 3. The molecule has 0 aromatic rings. The Morgan fingerprint density at radius 3 is 2.18 bits per heavy atom. The van der Waals surface area contributed by atoms with Gasteiger partial charge in [0.1, 0.15) is 12.6 Å². The topological polar surface area (TPSA) is 75.7 Å². The second-order valence-corrected chi connectivity index (χ2v) is 7.89. The molecule has 6 nitrogen and oxygen atoms in total. The maximum absolute atomic E-state index is 12.8. The number of carbonyl (C=O) groups excluding carboxylic acids is 3. The molecule has 3 amide bonds. The van der Waals surface area contributed by atoms with E-state index >= 15 is 0 Å². The highest BCUT2D eigenvalue weighted by atomic mass is 19.4. The van der Waals surface area contributed by atoms with Crippen LogP contribution in [0.25, 0.3) is 0 Å². The van der Waals surface area contributed by atoms with Gasteiger partial charge >= 0.3 is 6.18 Å². The maximum atomic E-state index is 12.8. The molecule has 158 valence electrons. The molecule has 1 heterocycles. The first-order chi connectivity index (χ1) is 13.0. The van der Waals surface area contributed by atoms with Gasteiger partial charge in [-0.3, -0.25) is 19.3 Å². The molecule has 0 spiro atoms. The lowest BCUT2D eigenvalue weighted by Crippen LogP contribution is -2.53. The standard InChI is InChI=1S/C19H27F3N2O4/c1-11(2)8-15(16(25)23-12(3)9-28-10-19(20,21)22)24-17(26)13-6-4-5-7-14(13)18(24)27/h4-5,11-15H,6-10H2,1-3H3,(H,23,25). The molecule has 0 bridgehead atoms. The van der Waals surface area contributed by atoms with Gasteiger partial charge in [-0.1, -0.05) is 26.0 Å². The molecule has 2 aliphatic rings. The van der Waals surface area contributed by atoms with E-state index in [2.05, 4.69) is 10.1 Å². The first-order valence-corrected chi connectivity index (χ1v) is 9.48. The molecular formula is C19H27F3N2O4. The van der Waals surface area contributed by atoms with Gasteiger partial charge in [0.05, 0.1) is 18.4 Å². The molecule has 9 heteroatoms. The first kappa shape index (κ1) is 22.4. The quantitative estimate of drug-likeness (QED) is 0.498. The van der Waals surface area contributed by atoms with E-state index in [0.29, 0.717) is 12.8 Å². The van der Waals surface area contributed by atoms with Crippen LogP contribution in [0, 0.1) is 17.8 Å². The van der Waals surface area contributed by atoms with Crippen molar-refractivity contribution >= 4 is 17.7 Å². The summed E-state index contributed by atoms with van der Waals surface area (Å²) < 4.78 is 41.1. The van der Waals surface area contributed by atoms with E-state index < -0.39 is 42.6 Å². The Balaban J connectivity index is 2.05. The number of rotatable bonds is 8. The second-order valence-electron chi connectivity index (χ2n) is 7.89. The molecule has 1 N–H and O–H groups in total. The lowest BCUT2D eigenvalue weighted by molar-refractivity contribution is -0.175. The van der Waals surface area contributed by atoms with Crippen molar-refractivity contribution < 1.29 is 32.3 Å². The fourth-order valence-electron chi connectivity index (χ4n) is 3.64. The average molecular weight is 404 g/mol. The van der Waals surface area contributed by atoms with Crippen molar-refractivity contribution in [2.24, 2.45) is 17.8 Å². The first-order valence-electron chi connectivity index (χ1n) is 9.48. The number of imide groups is 1. The number of hydrogen-bond acceptors (Lipinski definition) is 4. The Labute approximate surface area is 162 Å². The van der Waals surface area contributed by atoms with Crippen LogP contribution in [0.2, 0.25) is 0 Å². The molecular weight excluding hydrogens is 377 g/mol. The lowest BCUT2D eigenvalue weighted by atomic mass is 9.85. The largest absolute Gasteiger partial charge is 0.411 e. The third-order valence-electron chi connectivity index (χ3n) is 4.87. The van der Waals surface area contributed by atoms with Crippen molar-refractivity contribution in [2.45, 2.75) is 58.3 Å². The summed E-state index contributed by atoms with van der Waals surface area (Å²) in [7, 11) is 0. The van der Waals surface area contributed by atoms with E-state index in [-0.39, 0.29) is 30.8 Å². The Morgan fingerprint density at radius 1 is 1.18 bits per heavy atom. The third kappa shape index (κ3) is 5.56. The van der Waals surface area contributed by atoms with Gasteiger partial charge in [0.25, 0.3) is 0 Å². The highest BCUT2D eigenvalue weighted by Crippen LogP contribution is 2.37. The predicted molar refractivity (Wildman–Crippen MR) is 94.9 cm³/mol. The lowest BCUT2D eigenvalue weighted by Gasteiger charge is -2.28. The summed E-state index contributed by atoms with van der Waals surface area (Å²) in [4.78, 5) is 39.4. The molecule has 0 aromatic carbocycles. The summed E-state index contributed by atoms with van der Waals surface area (Å²) in [6, 6.07) is -1.67. The molecule has 28 heavy (non-hydrogen) atoms. The number of nitrogens with zero attached hydrogens (tertiary/aromatic N) is 1. The van der Waals surface area contributed by atoms with Gasteiger partial charge in [-0.2, -0.15) is 13.2 Å². The van der Waals surface area contributed by atoms with Gasteiger partial charge in [0, 0.05) is 6.04 Å². The van der Waals surface area contributed by atoms with Gasteiger partial charge in [-0.15, -0.1) is 0 Å². The Kier molecular flexibility index (Phi) is 7.25. The van der Waals surface area contributed by atoms with Crippen LogP contribution in [0.15, 0.2) is 12.2 Å². The smallest absolute Gasteiger partial charge is 0.370 e. The minimum Gasteiger partial charge on any atom is -0.370 e. The summed E-state index contributed by atoms with van der Waals surface area (Å²) >= 11 is 0. The molecule has 0 saturated carbocycles. The number of allylic oxidation sites excluding steroid dienone is 2. The normalized spacial score (nSPS) is 24.5. The molecule has 0 radical (unpaired) electrons. The summed E-state index contributed by atoms with van der Waals surface area (Å²) in [5, 5.41) is 2.58. The van der Waals surface area contributed by atoms with Crippen molar-refractivity contribution in [3.63, 3.8) is 0 Å². The van der Waals surface area contributed by atoms with Crippen LogP contribution >= 0.6 is 0 Å². The van der Waals surface area contributed by atoms with Gasteiger partial charge < -0.3 is 10.1 Å². The van der Waals surface area contributed by atoms with Crippen molar-refractivity contribution in [1.29, 1.82) is 0 Å². The summed E-state index contributed by atoms with van der Waals surface area (Å²) in [5.74, 6) is -2.08. The summed E-state index contributed by atoms with van der Waals surface area (Å²) in [6.07, 6.45) is 0.530. The number of carbonyl (C=O) groups is 3. The van der Waals surface area contributed by atoms with E-state index in [1.54, 1.807) is 0 Å². The number of alkyl halides is 3. The minimum absolute atomic E-state index is 0.0360. The number of likely N-dealkylation sites (tertiary alicyclic amines) is 1. The SMILES string of the molecule is CC(C)CC(C(=O)NC(C)COCC(F)(F)F)N1C(=O)C2CC=CCC2C1=O. The van der Waals surface area contributed by atoms with Crippen LogP contribution in [0.4, 0.5) is 13.2 Å². The number of hydrogen-bond donors (Lipinski definition) is 1. The zero-order valence-corrected chi connectivity index (χ0v) is 16.3. The number of ether oxygens (including phenoxy) is 1. The van der Waals surface area contributed by atoms with Gasteiger partial charge in [-0.25, -0.2) is 0 Å². The van der Waals surface area contributed by atoms with Crippen LogP contribution in [0.1, 0.15) is 40.0 Å². The molecule has 0 aromatic heterocycles.